The SMILES string of the molecule is Cc1nc(-c2nccs2)sc1C(C)C. The van der Waals surface area contributed by atoms with Crippen molar-refractivity contribution in [2.75, 3.05) is 0 Å². The fourth-order valence-electron chi connectivity index (χ4n) is 1.36. The first-order chi connectivity index (χ1) is 6.68. The summed E-state index contributed by atoms with van der Waals surface area (Å²) in [5.74, 6) is 0.557. The van der Waals surface area contributed by atoms with E-state index in [1.165, 1.54) is 4.88 Å². The summed E-state index contributed by atoms with van der Waals surface area (Å²) < 4.78 is 0. The second-order valence-electron chi connectivity index (χ2n) is 3.46. The first-order valence-corrected chi connectivity index (χ1v) is 6.25. The predicted octanol–water partition coefficient (Wildman–Crippen LogP) is 3.70. The molecule has 2 aromatic heterocycles. The molecule has 0 saturated heterocycles. The molecule has 0 aliphatic heterocycles. The van der Waals surface area contributed by atoms with Crippen molar-refractivity contribution in [3.8, 4) is 10.0 Å². The summed E-state index contributed by atoms with van der Waals surface area (Å²) in [6, 6.07) is 0. The van der Waals surface area contributed by atoms with Crippen molar-refractivity contribution >= 4 is 22.7 Å². The third-order valence-electron chi connectivity index (χ3n) is 1.97. The number of rotatable bonds is 2. The molecule has 0 N–H and O–H groups in total. The Morgan fingerprint density at radius 2 is 2.07 bits per heavy atom. The van der Waals surface area contributed by atoms with Crippen LogP contribution in [0.3, 0.4) is 0 Å². The maximum absolute atomic E-state index is 4.54. The smallest absolute Gasteiger partial charge is 0.152 e. The number of aryl methyl sites for hydroxylation is 1. The first-order valence-electron chi connectivity index (χ1n) is 4.55. The Bertz CT molecular complexity index is 415. The Morgan fingerprint density at radius 1 is 1.29 bits per heavy atom. The molecule has 2 heterocycles. The number of nitrogens with zero attached hydrogens (tertiary/aromatic N) is 2. The Kier molecular flexibility index (Phi) is 2.65. The lowest BCUT2D eigenvalue weighted by Crippen LogP contribution is -1.84. The monoisotopic (exact) mass is 224 g/mol. The van der Waals surface area contributed by atoms with Gasteiger partial charge in [-0.1, -0.05) is 13.8 Å². The van der Waals surface area contributed by atoms with Gasteiger partial charge < -0.3 is 0 Å². The zero-order chi connectivity index (χ0) is 10.1. The van der Waals surface area contributed by atoms with Crippen LogP contribution in [0.1, 0.15) is 30.3 Å². The average Bonchev–Trinajstić information content (AvgIpc) is 2.70. The molecule has 2 nitrogen and oxygen atoms in total. The summed E-state index contributed by atoms with van der Waals surface area (Å²) in [5, 5.41) is 4.08. The summed E-state index contributed by atoms with van der Waals surface area (Å²) in [7, 11) is 0. The summed E-state index contributed by atoms with van der Waals surface area (Å²) in [5.41, 5.74) is 1.15. The fourth-order valence-corrected chi connectivity index (χ4v) is 3.11. The summed E-state index contributed by atoms with van der Waals surface area (Å²) in [4.78, 5) is 10.2. The zero-order valence-corrected chi connectivity index (χ0v) is 10.1. The third kappa shape index (κ3) is 1.72. The topological polar surface area (TPSA) is 25.8 Å². The van der Waals surface area contributed by atoms with Crippen LogP contribution in [-0.2, 0) is 0 Å². The quantitative estimate of drug-likeness (QED) is 0.777. The van der Waals surface area contributed by atoms with Gasteiger partial charge in [0.15, 0.2) is 10.0 Å². The van der Waals surface area contributed by atoms with E-state index in [9.17, 15) is 0 Å². The standard InChI is InChI=1S/C10H12N2S2/c1-6(2)8-7(3)12-10(14-8)9-11-4-5-13-9/h4-6H,1-3H3. The second-order valence-corrected chi connectivity index (χ2v) is 5.39. The van der Waals surface area contributed by atoms with Gasteiger partial charge in [-0.15, -0.1) is 22.7 Å². The van der Waals surface area contributed by atoms with Gasteiger partial charge in [0.2, 0.25) is 0 Å². The molecular formula is C10H12N2S2. The molecule has 74 valence electrons. The molecule has 0 unspecified atom stereocenters. The molecule has 2 aromatic rings. The van der Waals surface area contributed by atoms with Crippen molar-refractivity contribution in [2.45, 2.75) is 26.7 Å². The molecule has 0 radical (unpaired) electrons. The molecule has 0 bridgehead atoms. The Balaban J connectivity index is 2.43. The molecule has 0 fully saturated rings. The minimum atomic E-state index is 0.557. The van der Waals surface area contributed by atoms with Crippen LogP contribution in [-0.4, -0.2) is 9.97 Å². The van der Waals surface area contributed by atoms with Crippen molar-refractivity contribution in [3.63, 3.8) is 0 Å². The van der Waals surface area contributed by atoms with E-state index in [1.54, 1.807) is 22.7 Å². The number of aromatic nitrogens is 2. The largest absolute Gasteiger partial charge is 0.242 e. The minimum absolute atomic E-state index is 0.557. The van der Waals surface area contributed by atoms with E-state index in [0.717, 1.165) is 15.7 Å². The minimum Gasteiger partial charge on any atom is -0.242 e. The van der Waals surface area contributed by atoms with Gasteiger partial charge in [-0.05, 0) is 12.8 Å². The molecule has 0 aromatic carbocycles. The molecule has 2 rings (SSSR count). The van der Waals surface area contributed by atoms with E-state index in [-0.39, 0.29) is 0 Å². The molecule has 0 aliphatic carbocycles. The van der Waals surface area contributed by atoms with Gasteiger partial charge >= 0.3 is 0 Å². The predicted molar refractivity (Wildman–Crippen MR) is 62.0 cm³/mol. The Labute approximate surface area is 91.7 Å². The lowest BCUT2D eigenvalue weighted by Gasteiger charge is -1.99. The number of hydrogen-bond acceptors (Lipinski definition) is 4. The van der Waals surface area contributed by atoms with Crippen LogP contribution < -0.4 is 0 Å². The molecule has 0 saturated carbocycles. The van der Waals surface area contributed by atoms with Crippen molar-refractivity contribution in [2.24, 2.45) is 0 Å². The Morgan fingerprint density at radius 3 is 2.57 bits per heavy atom. The van der Waals surface area contributed by atoms with Crippen LogP contribution in [0.2, 0.25) is 0 Å². The summed E-state index contributed by atoms with van der Waals surface area (Å²) in [6.45, 7) is 6.47. The van der Waals surface area contributed by atoms with Gasteiger partial charge in [0.1, 0.15) is 0 Å². The van der Waals surface area contributed by atoms with Gasteiger partial charge in [-0.2, -0.15) is 0 Å². The van der Waals surface area contributed by atoms with E-state index in [2.05, 4.69) is 30.7 Å². The molecular weight excluding hydrogens is 212 g/mol. The normalized spacial score (nSPS) is 11.1. The zero-order valence-electron chi connectivity index (χ0n) is 8.44. The van der Waals surface area contributed by atoms with Crippen LogP contribution in [0.15, 0.2) is 11.6 Å². The van der Waals surface area contributed by atoms with E-state index in [0.29, 0.717) is 5.92 Å². The lowest BCUT2D eigenvalue weighted by molar-refractivity contribution is 0.873. The highest BCUT2D eigenvalue weighted by atomic mass is 32.1. The molecule has 14 heavy (non-hydrogen) atoms. The van der Waals surface area contributed by atoms with Gasteiger partial charge in [-0.3, -0.25) is 0 Å². The van der Waals surface area contributed by atoms with Gasteiger partial charge in [0.25, 0.3) is 0 Å². The van der Waals surface area contributed by atoms with Gasteiger partial charge in [-0.25, -0.2) is 9.97 Å². The molecule has 4 heteroatoms. The maximum Gasteiger partial charge on any atom is 0.152 e. The highest BCUT2D eigenvalue weighted by molar-refractivity contribution is 7.20. The highest BCUT2D eigenvalue weighted by Crippen LogP contribution is 2.32. The maximum atomic E-state index is 4.54. The molecule has 0 spiro atoms. The second kappa shape index (κ2) is 3.79. The van der Waals surface area contributed by atoms with E-state index < -0.39 is 0 Å². The van der Waals surface area contributed by atoms with Gasteiger partial charge in [0, 0.05) is 16.5 Å². The van der Waals surface area contributed by atoms with Crippen molar-refractivity contribution < 1.29 is 0 Å². The van der Waals surface area contributed by atoms with Crippen molar-refractivity contribution in [3.05, 3.63) is 22.1 Å². The van der Waals surface area contributed by atoms with E-state index >= 15 is 0 Å². The third-order valence-corrected chi connectivity index (χ3v) is 4.35. The average molecular weight is 224 g/mol. The van der Waals surface area contributed by atoms with E-state index in [4.69, 9.17) is 0 Å². The van der Waals surface area contributed by atoms with Crippen molar-refractivity contribution in [1.82, 2.24) is 9.97 Å². The highest BCUT2D eigenvalue weighted by Gasteiger charge is 2.13. The fraction of sp³-hybridized carbons (Fsp3) is 0.400. The van der Waals surface area contributed by atoms with E-state index in [1.807, 2.05) is 11.6 Å². The number of hydrogen-bond donors (Lipinski definition) is 0. The van der Waals surface area contributed by atoms with Gasteiger partial charge in [0.05, 0.1) is 5.69 Å². The Hall–Kier alpha value is -0.740. The van der Waals surface area contributed by atoms with Crippen LogP contribution >= 0.6 is 22.7 Å². The molecule has 0 aliphatic rings. The molecule has 0 amide bonds. The lowest BCUT2D eigenvalue weighted by atomic mass is 10.1. The van der Waals surface area contributed by atoms with Crippen LogP contribution in [0.5, 0.6) is 0 Å². The number of thiazole rings is 2. The van der Waals surface area contributed by atoms with Crippen LogP contribution in [0.4, 0.5) is 0 Å². The summed E-state index contributed by atoms with van der Waals surface area (Å²) >= 11 is 3.41. The summed E-state index contributed by atoms with van der Waals surface area (Å²) in [6.07, 6.45) is 1.83. The van der Waals surface area contributed by atoms with Crippen molar-refractivity contribution in [1.29, 1.82) is 0 Å². The van der Waals surface area contributed by atoms with Crippen LogP contribution in [0, 0.1) is 6.92 Å². The first kappa shape index (κ1) is 9.80. The van der Waals surface area contributed by atoms with Crippen LogP contribution in [0.25, 0.3) is 10.0 Å². The molecule has 0 atom stereocenters.